The highest BCUT2D eigenvalue weighted by Gasteiger charge is 2.04. The zero-order chi connectivity index (χ0) is 11.5. The van der Waals surface area contributed by atoms with Gasteiger partial charge in [0.05, 0.1) is 13.2 Å². The second-order valence-electron chi connectivity index (χ2n) is 3.94. The van der Waals surface area contributed by atoms with Gasteiger partial charge in [0.15, 0.2) is 0 Å². The van der Waals surface area contributed by atoms with Gasteiger partial charge >= 0.3 is 0 Å². The molecule has 15 heavy (non-hydrogen) atoms. The molecule has 0 radical (unpaired) electrons. The first-order valence-electron chi connectivity index (χ1n) is 5.64. The van der Waals surface area contributed by atoms with Gasteiger partial charge in [-0.05, 0) is 0 Å². The van der Waals surface area contributed by atoms with Crippen LogP contribution in [0.15, 0.2) is 0 Å². The maximum Gasteiger partial charge on any atom is 0.0589 e. The molecule has 0 amide bonds. The molecule has 1 N–H and O–H groups in total. The summed E-state index contributed by atoms with van der Waals surface area (Å²) in [6, 6.07) is 0.553. The molecule has 0 atom stereocenters. The summed E-state index contributed by atoms with van der Waals surface area (Å²) in [6.07, 6.45) is 0. The van der Waals surface area contributed by atoms with Crippen molar-refractivity contribution in [3.05, 3.63) is 0 Å². The lowest BCUT2D eigenvalue weighted by molar-refractivity contribution is 0.114. The largest absolute Gasteiger partial charge is 0.383 e. The highest BCUT2D eigenvalue weighted by atomic mass is 16.5. The Balaban J connectivity index is 3.58. The van der Waals surface area contributed by atoms with Crippen LogP contribution >= 0.6 is 0 Å². The fourth-order valence-corrected chi connectivity index (χ4v) is 1.29. The standard InChI is InChI=1S/C11H26N2O2/c1-11(2)12-5-6-13(7-9-14-3)8-10-15-4/h11-12H,5-10H2,1-4H3. The lowest BCUT2D eigenvalue weighted by atomic mass is 10.4. The number of hydrogen-bond donors (Lipinski definition) is 1. The maximum atomic E-state index is 5.08. The summed E-state index contributed by atoms with van der Waals surface area (Å²) in [7, 11) is 3.47. The van der Waals surface area contributed by atoms with Gasteiger partial charge in [-0.1, -0.05) is 13.8 Å². The summed E-state index contributed by atoms with van der Waals surface area (Å²) in [6.45, 7) is 9.90. The number of methoxy groups -OCH3 is 2. The van der Waals surface area contributed by atoms with Gasteiger partial charge in [-0.2, -0.15) is 0 Å². The van der Waals surface area contributed by atoms with Gasteiger partial charge in [-0.3, -0.25) is 4.90 Å². The van der Waals surface area contributed by atoms with E-state index in [1.807, 2.05) is 0 Å². The normalized spacial score (nSPS) is 11.6. The minimum Gasteiger partial charge on any atom is -0.383 e. The van der Waals surface area contributed by atoms with Crippen LogP contribution in [0.4, 0.5) is 0 Å². The maximum absolute atomic E-state index is 5.08. The van der Waals surface area contributed by atoms with E-state index in [0.717, 1.165) is 39.4 Å². The molecule has 92 valence electrons. The van der Waals surface area contributed by atoms with Gasteiger partial charge in [-0.15, -0.1) is 0 Å². The Hall–Kier alpha value is -0.160. The molecule has 0 unspecified atom stereocenters. The molecule has 4 nitrogen and oxygen atoms in total. The average molecular weight is 218 g/mol. The zero-order valence-corrected chi connectivity index (χ0v) is 10.6. The van der Waals surface area contributed by atoms with E-state index < -0.39 is 0 Å². The van der Waals surface area contributed by atoms with Crippen LogP contribution in [0.25, 0.3) is 0 Å². The Kier molecular flexibility index (Phi) is 10.3. The summed E-state index contributed by atoms with van der Waals surface area (Å²) in [4.78, 5) is 2.35. The number of ether oxygens (including phenoxy) is 2. The number of nitrogens with zero attached hydrogens (tertiary/aromatic N) is 1. The molecule has 0 bridgehead atoms. The van der Waals surface area contributed by atoms with Gasteiger partial charge in [-0.25, -0.2) is 0 Å². The number of nitrogens with one attached hydrogen (secondary N) is 1. The number of rotatable bonds is 10. The Bertz CT molecular complexity index is 124. The van der Waals surface area contributed by atoms with Crippen molar-refractivity contribution < 1.29 is 9.47 Å². The lowest BCUT2D eigenvalue weighted by Crippen LogP contribution is -2.38. The summed E-state index contributed by atoms with van der Waals surface area (Å²) in [5.74, 6) is 0. The van der Waals surface area contributed by atoms with E-state index in [0.29, 0.717) is 6.04 Å². The lowest BCUT2D eigenvalue weighted by Gasteiger charge is -2.22. The molecule has 0 saturated heterocycles. The van der Waals surface area contributed by atoms with Crippen molar-refractivity contribution in [3.8, 4) is 0 Å². The molecule has 0 rings (SSSR count). The molecule has 0 spiro atoms. The summed E-state index contributed by atoms with van der Waals surface area (Å²) < 4.78 is 10.2. The third-order valence-electron chi connectivity index (χ3n) is 2.20. The van der Waals surface area contributed by atoms with Crippen molar-refractivity contribution in [1.82, 2.24) is 10.2 Å². The molecular formula is C11H26N2O2. The summed E-state index contributed by atoms with van der Waals surface area (Å²) in [5.41, 5.74) is 0. The molecule has 0 aliphatic rings. The second-order valence-corrected chi connectivity index (χ2v) is 3.94. The second kappa shape index (κ2) is 10.4. The first-order chi connectivity index (χ1) is 7.20. The van der Waals surface area contributed by atoms with Crippen LogP contribution in [0.5, 0.6) is 0 Å². The Labute approximate surface area is 93.9 Å². The molecule has 0 aliphatic heterocycles. The minimum atomic E-state index is 0.553. The molecule has 0 saturated carbocycles. The van der Waals surface area contributed by atoms with Crippen molar-refractivity contribution in [2.75, 3.05) is 53.6 Å². The predicted octanol–water partition coefficient (Wildman–Crippen LogP) is 0.579. The molecule has 0 aromatic carbocycles. The third-order valence-corrected chi connectivity index (χ3v) is 2.20. The summed E-state index contributed by atoms with van der Waals surface area (Å²) >= 11 is 0. The van der Waals surface area contributed by atoms with Crippen molar-refractivity contribution in [1.29, 1.82) is 0 Å². The van der Waals surface area contributed by atoms with Gasteiger partial charge < -0.3 is 14.8 Å². The van der Waals surface area contributed by atoms with Crippen molar-refractivity contribution in [2.45, 2.75) is 19.9 Å². The van der Waals surface area contributed by atoms with Crippen LogP contribution in [-0.2, 0) is 9.47 Å². The SMILES string of the molecule is COCCN(CCNC(C)C)CCOC. The van der Waals surface area contributed by atoms with Gasteiger partial charge in [0.1, 0.15) is 0 Å². The van der Waals surface area contributed by atoms with E-state index in [4.69, 9.17) is 9.47 Å². The smallest absolute Gasteiger partial charge is 0.0589 e. The molecule has 0 heterocycles. The highest BCUT2D eigenvalue weighted by molar-refractivity contribution is 4.61. The Morgan fingerprint density at radius 3 is 1.93 bits per heavy atom. The molecule has 0 aromatic heterocycles. The third kappa shape index (κ3) is 10.1. The minimum absolute atomic E-state index is 0.553. The first kappa shape index (κ1) is 14.8. The van der Waals surface area contributed by atoms with Crippen molar-refractivity contribution in [3.63, 3.8) is 0 Å². The van der Waals surface area contributed by atoms with Crippen molar-refractivity contribution in [2.24, 2.45) is 0 Å². The van der Waals surface area contributed by atoms with Crippen LogP contribution in [0, 0.1) is 0 Å². The van der Waals surface area contributed by atoms with Crippen LogP contribution in [0.2, 0.25) is 0 Å². The molecular weight excluding hydrogens is 192 g/mol. The molecule has 4 heteroatoms. The van der Waals surface area contributed by atoms with Crippen LogP contribution < -0.4 is 5.32 Å². The van der Waals surface area contributed by atoms with E-state index in [1.165, 1.54) is 0 Å². The fraction of sp³-hybridized carbons (Fsp3) is 1.00. The zero-order valence-electron chi connectivity index (χ0n) is 10.6. The van der Waals surface area contributed by atoms with E-state index in [-0.39, 0.29) is 0 Å². The quantitative estimate of drug-likeness (QED) is 0.581. The molecule has 0 fully saturated rings. The highest BCUT2D eigenvalue weighted by Crippen LogP contribution is 1.88. The number of hydrogen-bond acceptors (Lipinski definition) is 4. The fourth-order valence-electron chi connectivity index (χ4n) is 1.29. The van der Waals surface area contributed by atoms with Crippen molar-refractivity contribution >= 4 is 0 Å². The van der Waals surface area contributed by atoms with Gasteiger partial charge in [0.25, 0.3) is 0 Å². The van der Waals surface area contributed by atoms with Crippen LogP contribution in [0.1, 0.15) is 13.8 Å². The van der Waals surface area contributed by atoms with E-state index >= 15 is 0 Å². The molecule has 0 aromatic rings. The van der Waals surface area contributed by atoms with Crippen LogP contribution in [0.3, 0.4) is 0 Å². The van der Waals surface area contributed by atoms with Crippen LogP contribution in [-0.4, -0.2) is 64.6 Å². The monoisotopic (exact) mass is 218 g/mol. The first-order valence-corrected chi connectivity index (χ1v) is 5.64. The van der Waals surface area contributed by atoms with Gasteiger partial charge in [0, 0.05) is 46.4 Å². The van der Waals surface area contributed by atoms with E-state index in [1.54, 1.807) is 14.2 Å². The Morgan fingerprint density at radius 2 is 1.53 bits per heavy atom. The summed E-state index contributed by atoms with van der Waals surface area (Å²) in [5, 5.41) is 3.41. The van der Waals surface area contributed by atoms with E-state index in [2.05, 4.69) is 24.1 Å². The predicted molar refractivity (Wildman–Crippen MR) is 63.3 cm³/mol. The van der Waals surface area contributed by atoms with Gasteiger partial charge in [0.2, 0.25) is 0 Å². The molecule has 0 aliphatic carbocycles. The topological polar surface area (TPSA) is 33.7 Å². The van der Waals surface area contributed by atoms with E-state index in [9.17, 15) is 0 Å². The average Bonchev–Trinajstić information content (AvgIpc) is 2.20. The Morgan fingerprint density at radius 1 is 1.00 bits per heavy atom.